The maximum Gasteiger partial charge on any atom is 1.00 e. The Kier molecular flexibility index (Phi) is 5.06. The molecule has 0 aliphatic carbocycles. The molecule has 1 aromatic carbocycles. The van der Waals surface area contributed by atoms with Crippen molar-refractivity contribution in [1.29, 1.82) is 0 Å². The van der Waals surface area contributed by atoms with Crippen molar-refractivity contribution in [2.45, 2.75) is 0 Å². The number of benzene rings is 1. The van der Waals surface area contributed by atoms with Gasteiger partial charge in [-0.3, -0.25) is 0 Å². The normalized spacial score (nSPS) is 8.77. The maximum absolute atomic E-state index is 10.6. The quantitative estimate of drug-likeness (QED) is 0.467. The van der Waals surface area contributed by atoms with Gasteiger partial charge in [0.25, 0.3) is 0 Å². The summed E-state index contributed by atoms with van der Waals surface area (Å²) in [4.78, 5) is 12.3. The molecule has 3 nitrogen and oxygen atoms in total. The summed E-state index contributed by atoms with van der Waals surface area (Å²) < 4.78 is 0. The van der Waals surface area contributed by atoms with Gasteiger partial charge in [0.1, 0.15) is 0 Å². The molecule has 0 heterocycles. The number of para-hydroxylation sites is 1. The first-order chi connectivity index (χ1) is 5.63. The van der Waals surface area contributed by atoms with Crippen LogP contribution < -0.4 is 39.6 Å². The Morgan fingerprint density at radius 2 is 1.85 bits per heavy atom. The van der Waals surface area contributed by atoms with Gasteiger partial charge >= 0.3 is 29.6 Å². The Morgan fingerprint density at radius 1 is 1.31 bits per heavy atom. The molecule has 0 aliphatic rings. The molecule has 0 fully saturated rings. The largest absolute Gasteiger partial charge is 1.00 e. The predicted octanol–water partition coefficient (Wildman–Crippen LogP) is -2.88. The third-order valence-corrected chi connectivity index (χ3v) is 1.61. The first-order valence-electron chi connectivity index (χ1n) is 3.60. The number of carboxylic acid groups (broad SMARTS) is 1. The minimum Gasteiger partial charge on any atom is -0.545 e. The molecule has 0 spiro atoms. The summed E-state index contributed by atoms with van der Waals surface area (Å²) in [5.74, 6) is -1.14. The SMILES string of the molecule is CN(C)c1ccccc1C(=O)[O-].[Na+]. The molecule has 1 rings (SSSR count). The van der Waals surface area contributed by atoms with E-state index < -0.39 is 5.97 Å². The van der Waals surface area contributed by atoms with E-state index in [1.165, 1.54) is 6.07 Å². The van der Waals surface area contributed by atoms with Crippen LogP contribution in [-0.2, 0) is 0 Å². The predicted molar refractivity (Wildman–Crippen MR) is 45.1 cm³/mol. The summed E-state index contributed by atoms with van der Waals surface area (Å²) in [5, 5.41) is 10.6. The Labute approximate surface area is 99.7 Å². The zero-order valence-electron chi connectivity index (χ0n) is 8.07. The fourth-order valence-electron chi connectivity index (χ4n) is 1.04. The van der Waals surface area contributed by atoms with Crippen LogP contribution in [-0.4, -0.2) is 20.1 Å². The van der Waals surface area contributed by atoms with E-state index in [1.807, 2.05) is 0 Å². The molecule has 64 valence electrons. The Bertz CT molecular complexity index is 299. The van der Waals surface area contributed by atoms with Gasteiger partial charge in [0.2, 0.25) is 0 Å². The van der Waals surface area contributed by atoms with Crippen LogP contribution in [0.2, 0.25) is 0 Å². The molecule has 4 heteroatoms. The molecule has 0 N–H and O–H groups in total. The van der Waals surface area contributed by atoms with E-state index in [4.69, 9.17) is 0 Å². The van der Waals surface area contributed by atoms with E-state index in [9.17, 15) is 9.90 Å². The van der Waals surface area contributed by atoms with Crippen molar-refractivity contribution in [1.82, 2.24) is 0 Å². The summed E-state index contributed by atoms with van der Waals surface area (Å²) in [7, 11) is 3.59. The van der Waals surface area contributed by atoms with Crippen molar-refractivity contribution in [3.05, 3.63) is 29.8 Å². The molecule has 0 bridgehead atoms. The number of aromatic carboxylic acids is 1. The van der Waals surface area contributed by atoms with Gasteiger partial charge in [-0.2, -0.15) is 0 Å². The third-order valence-electron chi connectivity index (χ3n) is 1.61. The number of rotatable bonds is 2. The number of carbonyl (C=O) groups excluding carboxylic acids is 1. The van der Waals surface area contributed by atoms with Crippen molar-refractivity contribution in [2.24, 2.45) is 0 Å². The second kappa shape index (κ2) is 5.27. The second-order valence-electron chi connectivity index (χ2n) is 2.70. The first-order valence-corrected chi connectivity index (χ1v) is 3.60. The Hall–Kier alpha value is -0.510. The van der Waals surface area contributed by atoms with Gasteiger partial charge in [0.15, 0.2) is 0 Å². The van der Waals surface area contributed by atoms with Crippen LogP contribution in [0, 0.1) is 0 Å². The third kappa shape index (κ3) is 3.03. The minimum atomic E-state index is -1.14. The minimum absolute atomic E-state index is 0. The molecule has 1 aromatic rings. The van der Waals surface area contributed by atoms with Crippen LogP contribution in [0.5, 0.6) is 0 Å². The van der Waals surface area contributed by atoms with E-state index >= 15 is 0 Å². The monoisotopic (exact) mass is 187 g/mol. The standard InChI is InChI=1S/C9H11NO2.Na/c1-10(2)8-6-4-3-5-7(8)9(11)12;/h3-6H,1-2H3,(H,11,12);/q;+1/p-1. The number of nitrogens with zero attached hydrogens (tertiary/aromatic N) is 1. The fraction of sp³-hybridized carbons (Fsp3) is 0.222. The Morgan fingerprint density at radius 3 is 2.23 bits per heavy atom. The number of anilines is 1. The van der Waals surface area contributed by atoms with Gasteiger partial charge in [-0.15, -0.1) is 0 Å². The molecule has 0 saturated carbocycles. The molecule has 0 amide bonds. The van der Waals surface area contributed by atoms with E-state index in [1.54, 1.807) is 37.2 Å². The molecular formula is C9H10NNaO2. The van der Waals surface area contributed by atoms with Crippen LogP contribution in [0.25, 0.3) is 0 Å². The second-order valence-corrected chi connectivity index (χ2v) is 2.70. The number of hydrogen-bond acceptors (Lipinski definition) is 3. The van der Waals surface area contributed by atoms with Crippen LogP contribution in [0.4, 0.5) is 5.69 Å². The average molecular weight is 187 g/mol. The van der Waals surface area contributed by atoms with E-state index in [-0.39, 0.29) is 35.1 Å². The molecule has 0 saturated heterocycles. The maximum atomic E-state index is 10.6. The molecule has 0 unspecified atom stereocenters. The van der Waals surface area contributed by atoms with Crippen LogP contribution in [0.1, 0.15) is 10.4 Å². The summed E-state index contributed by atoms with van der Waals surface area (Å²) in [5.41, 5.74) is 0.889. The molecule has 0 aliphatic heterocycles. The zero-order chi connectivity index (χ0) is 9.14. The summed E-state index contributed by atoms with van der Waals surface area (Å²) in [6.07, 6.45) is 0. The average Bonchev–Trinajstić information content (AvgIpc) is 2.04. The summed E-state index contributed by atoms with van der Waals surface area (Å²) >= 11 is 0. The smallest absolute Gasteiger partial charge is 0.545 e. The van der Waals surface area contributed by atoms with Gasteiger partial charge in [-0.05, 0) is 6.07 Å². The Balaban J connectivity index is 0.00000144. The zero-order valence-corrected chi connectivity index (χ0v) is 10.1. The van der Waals surface area contributed by atoms with Crippen LogP contribution in [0.15, 0.2) is 24.3 Å². The summed E-state index contributed by atoms with van der Waals surface area (Å²) in [6, 6.07) is 6.75. The van der Waals surface area contributed by atoms with Gasteiger partial charge in [0.05, 0.1) is 5.97 Å². The van der Waals surface area contributed by atoms with E-state index in [0.29, 0.717) is 5.69 Å². The summed E-state index contributed by atoms with van der Waals surface area (Å²) in [6.45, 7) is 0. The fourth-order valence-corrected chi connectivity index (χ4v) is 1.04. The first kappa shape index (κ1) is 12.5. The molecule has 0 radical (unpaired) electrons. The van der Waals surface area contributed by atoms with Crippen molar-refractivity contribution in [3.63, 3.8) is 0 Å². The number of carbonyl (C=O) groups is 1. The molecule has 13 heavy (non-hydrogen) atoms. The van der Waals surface area contributed by atoms with Crippen molar-refractivity contribution < 1.29 is 39.5 Å². The van der Waals surface area contributed by atoms with Crippen molar-refractivity contribution in [2.75, 3.05) is 19.0 Å². The van der Waals surface area contributed by atoms with Gasteiger partial charge in [-0.1, -0.05) is 18.2 Å². The number of carboxylic acids is 1. The van der Waals surface area contributed by atoms with Crippen molar-refractivity contribution in [3.8, 4) is 0 Å². The van der Waals surface area contributed by atoms with Crippen LogP contribution in [0.3, 0.4) is 0 Å². The van der Waals surface area contributed by atoms with Gasteiger partial charge in [-0.25, -0.2) is 0 Å². The van der Waals surface area contributed by atoms with Gasteiger partial charge in [0, 0.05) is 25.3 Å². The van der Waals surface area contributed by atoms with Crippen LogP contribution >= 0.6 is 0 Å². The molecule has 0 atom stereocenters. The molecule has 0 aromatic heterocycles. The van der Waals surface area contributed by atoms with Gasteiger partial charge < -0.3 is 14.8 Å². The number of hydrogen-bond donors (Lipinski definition) is 0. The van der Waals surface area contributed by atoms with Crippen molar-refractivity contribution >= 4 is 11.7 Å². The van der Waals surface area contributed by atoms with E-state index in [2.05, 4.69) is 0 Å². The topological polar surface area (TPSA) is 43.4 Å². The molecular weight excluding hydrogens is 177 g/mol. The van der Waals surface area contributed by atoms with E-state index in [0.717, 1.165) is 0 Å².